The van der Waals surface area contributed by atoms with Crippen LogP contribution in [0.5, 0.6) is 0 Å². The number of nitrogens with one attached hydrogen (secondary N) is 1. The van der Waals surface area contributed by atoms with Crippen LogP contribution in [0.1, 0.15) is 5.56 Å². The Bertz CT molecular complexity index is 573. The van der Waals surface area contributed by atoms with Crippen molar-refractivity contribution >= 4 is 44.5 Å². The lowest BCUT2D eigenvalue weighted by molar-refractivity contribution is 0.521. The van der Waals surface area contributed by atoms with Crippen molar-refractivity contribution in [3.8, 4) is 0 Å². The van der Waals surface area contributed by atoms with E-state index in [1.165, 1.54) is 18.4 Å². The minimum Gasteiger partial charge on any atom is -0.389 e. The van der Waals surface area contributed by atoms with E-state index < -0.39 is 10.0 Å². The second-order valence-electron chi connectivity index (χ2n) is 4.08. The van der Waals surface area contributed by atoms with Crippen LogP contribution >= 0.6 is 23.8 Å². The van der Waals surface area contributed by atoms with Gasteiger partial charge in [-0.3, -0.25) is 0 Å². The summed E-state index contributed by atoms with van der Waals surface area (Å²) >= 11 is 10.8. The van der Waals surface area contributed by atoms with Gasteiger partial charge in [-0.2, -0.15) is 0 Å². The first-order valence-electron chi connectivity index (χ1n) is 5.47. The molecular formula is C11H16ClN3O2S2. The van der Waals surface area contributed by atoms with E-state index >= 15 is 0 Å². The van der Waals surface area contributed by atoms with Crippen LogP contribution in [0.15, 0.2) is 18.2 Å². The first-order valence-corrected chi connectivity index (χ1v) is 7.87. The third-order valence-electron chi connectivity index (χ3n) is 2.48. The molecule has 1 rings (SSSR count). The first kappa shape index (κ1) is 16.2. The molecule has 19 heavy (non-hydrogen) atoms. The summed E-state index contributed by atoms with van der Waals surface area (Å²) in [5.41, 5.74) is 6.87. The molecule has 0 heterocycles. The zero-order chi connectivity index (χ0) is 14.6. The van der Waals surface area contributed by atoms with Gasteiger partial charge in [0.25, 0.3) is 0 Å². The molecule has 0 aliphatic rings. The van der Waals surface area contributed by atoms with Crippen molar-refractivity contribution in [2.45, 2.75) is 0 Å². The number of nitrogens with two attached hydrogens (primary N) is 1. The Morgan fingerprint density at radius 3 is 2.63 bits per heavy atom. The largest absolute Gasteiger partial charge is 0.389 e. The van der Waals surface area contributed by atoms with Gasteiger partial charge in [0.05, 0.1) is 5.75 Å². The lowest BCUT2D eigenvalue weighted by Crippen LogP contribution is -2.28. The highest BCUT2D eigenvalue weighted by molar-refractivity contribution is 7.89. The third-order valence-corrected chi connectivity index (χ3v) is 4.77. The van der Waals surface area contributed by atoms with E-state index in [9.17, 15) is 8.42 Å². The number of benzene rings is 1. The normalized spacial score (nSPS) is 11.6. The van der Waals surface area contributed by atoms with Crippen LogP contribution in [0.25, 0.3) is 0 Å². The number of thiocarbonyl (C=S) groups is 1. The first-order chi connectivity index (χ1) is 8.74. The lowest BCUT2D eigenvalue weighted by Gasteiger charge is -2.14. The minimum atomic E-state index is -3.23. The molecule has 0 spiro atoms. The second-order valence-corrected chi connectivity index (χ2v) is 7.26. The maximum Gasteiger partial charge on any atom is 0.215 e. The fourth-order valence-electron chi connectivity index (χ4n) is 1.37. The van der Waals surface area contributed by atoms with Crippen LogP contribution in [-0.2, 0) is 10.0 Å². The average Bonchev–Trinajstić information content (AvgIpc) is 2.30. The maximum absolute atomic E-state index is 11.6. The Morgan fingerprint density at radius 1 is 1.47 bits per heavy atom. The SMILES string of the molecule is CN(C)S(=O)(=O)CCNc1ccc(Cl)cc1C(N)=S. The van der Waals surface area contributed by atoms with Crippen LogP contribution in [-0.4, -0.2) is 44.1 Å². The van der Waals surface area contributed by atoms with Crippen LogP contribution in [0.4, 0.5) is 5.69 Å². The zero-order valence-electron chi connectivity index (χ0n) is 10.7. The van der Waals surface area contributed by atoms with Gasteiger partial charge < -0.3 is 11.1 Å². The minimum absolute atomic E-state index is 0.0145. The van der Waals surface area contributed by atoms with Gasteiger partial charge in [-0.1, -0.05) is 23.8 Å². The second kappa shape index (κ2) is 6.51. The molecule has 1 aromatic carbocycles. The molecule has 1 aromatic rings. The molecular weight excluding hydrogens is 306 g/mol. The molecule has 3 N–H and O–H groups in total. The number of nitrogens with zero attached hydrogens (tertiary/aromatic N) is 1. The Labute approximate surface area is 123 Å². The van der Waals surface area contributed by atoms with Gasteiger partial charge in [-0.05, 0) is 18.2 Å². The van der Waals surface area contributed by atoms with Crippen molar-refractivity contribution in [3.63, 3.8) is 0 Å². The van der Waals surface area contributed by atoms with Crippen molar-refractivity contribution in [2.24, 2.45) is 5.73 Å². The Kier molecular flexibility index (Phi) is 5.54. The van der Waals surface area contributed by atoms with Crippen molar-refractivity contribution < 1.29 is 8.42 Å². The summed E-state index contributed by atoms with van der Waals surface area (Å²) in [6.07, 6.45) is 0. The number of hydrogen-bond acceptors (Lipinski definition) is 4. The van der Waals surface area contributed by atoms with Gasteiger partial charge in [0.2, 0.25) is 10.0 Å². The standard InChI is InChI=1S/C11H16ClN3O2S2/c1-15(2)19(16,17)6-5-14-10-4-3-8(12)7-9(10)11(13)18/h3-4,7,14H,5-6H2,1-2H3,(H2,13,18). The summed E-state index contributed by atoms with van der Waals surface area (Å²) in [5.74, 6) is -0.0145. The number of rotatable bonds is 6. The molecule has 5 nitrogen and oxygen atoms in total. The summed E-state index contributed by atoms with van der Waals surface area (Å²) in [6.45, 7) is 0.262. The van der Waals surface area contributed by atoms with Crippen LogP contribution in [0.3, 0.4) is 0 Å². The average molecular weight is 322 g/mol. The lowest BCUT2D eigenvalue weighted by atomic mass is 10.2. The van der Waals surface area contributed by atoms with Gasteiger partial charge in [-0.15, -0.1) is 0 Å². The van der Waals surface area contributed by atoms with Gasteiger partial charge in [-0.25, -0.2) is 12.7 Å². The summed E-state index contributed by atoms with van der Waals surface area (Å²) in [6, 6.07) is 5.05. The van der Waals surface area contributed by atoms with Gasteiger partial charge >= 0.3 is 0 Å². The molecule has 0 fully saturated rings. The molecule has 106 valence electrons. The van der Waals surface area contributed by atoms with Crippen LogP contribution in [0, 0.1) is 0 Å². The molecule has 0 bridgehead atoms. The quantitative estimate of drug-likeness (QED) is 0.772. The molecule has 0 radical (unpaired) electrons. The molecule has 0 atom stereocenters. The van der Waals surface area contributed by atoms with Crippen molar-refractivity contribution in [1.82, 2.24) is 4.31 Å². The third kappa shape index (κ3) is 4.61. The predicted molar refractivity (Wildman–Crippen MR) is 83.3 cm³/mol. The molecule has 0 saturated carbocycles. The molecule has 0 saturated heterocycles. The molecule has 0 unspecified atom stereocenters. The van der Waals surface area contributed by atoms with Crippen molar-refractivity contribution in [3.05, 3.63) is 28.8 Å². The van der Waals surface area contributed by atoms with Gasteiger partial charge in [0.1, 0.15) is 4.99 Å². The number of halogens is 1. The number of hydrogen-bond donors (Lipinski definition) is 2. The van der Waals surface area contributed by atoms with E-state index in [4.69, 9.17) is 29.6 Å². The molecule has 8 heteroatoms. The summed E-state index contributed by atoms with van der Waals surface area (Å²) in [7, 11) is -0.233. The fraction of sp³-hybridized carbons (Fsp3) is 0.364. The highest BCUT2D eigenvalue weighted by atomic mass is 35.5. The molecule has 0 aromatic heterocycles. The highest BCUT2D eigenvalue weighted by Crippen LogP contribution is 2.20. The topological polar surface area (TPSA) is 75.4 Å². The highest BCUT2D eigenvalue weighted by Gasteiger charge is 2.13. The van der Waals surface area contributed by atoms with E-state index in [0.29, 0.717) is 16.3 Å². The molecule has 0 aliphatic carbocycles. The fourth-order valence-corrected chi connectivity index (χ4v) is 2.44. The smallest absolute Gasteiger partial charge is 0.215 e. The van der Waals surface area contributed by atoms with E-state index in [-0.39, 0.29) is 17.3 Å². The summed E-state index contributed by atoms with van der Waals surface area (Å²) < 4.78 is 24.4. The van der Waals surface area contributed by atoms with E-state index in [1.54, 1.807) is 18.2 Å². The number of sulfonamides is 1. The van der Waals surface area contributed by atoms with E-state index in [0.717, 1.165) is 0 Å². The maximum atomic E-state index is 11.6. The Morgan fingerprint density at radius 2 is 2.11 bits per heavy atom. The van der Waals surface area contributed by atoms with E-state index in [2.05, 4.69) is 5.32 Å². The van der Waals surface area contributed by atoms with Crippen molar-refractivity contribution in [2.75, 3.05) is 31.7 Å². The Balaban J connectivity index is 2.77. The predicted octanol–water partition coefficient (Wildman–Crippen LogP) is 1.28. The Hall–Kier alpha value is -0.890. The van der Waals surface area contributed by atoms with Crippen molar-refractivity contribution in [1.29, 1.82) is 0 Å². The monoisotopic (exact) mass is 321 g/mol. The van der Waals surface area contributed by atoms with Crippen LogP contribution < -0.4 is 11.1 Å². The summed E-state index contributed by atoms with van der Waals surface area (Å²) in [5, 5.41) is 3.52. The molecule has 0 aliphatic heterocycles. The zero-order valence-corrected chi connectivity index (χ0v) is 13.1. The summed E-state index contributed by atoms with van der Waals surface area (Å²) in [4.78, 5) is 0.209. The van der Waals surface area contributed by atoms with Crippen LogP contribution in [0.2, 0.25) is 5.02 Å². The van der Waals surface area contributed by atoms with Gasteiger partial charge in [0.15, 0.2) is 0 Å². The van der Waals surface area contributed by atoms with E-state index in [1.807, 2.05) is 0 Å². The molecule has 0 amide bonds. The van der Waals surface area contributed by atoms with Gasteiger partial charge in [0, 0.05) is 36.9 Å². The number of anilines is 1.